The maximum atomic E-state index is 11.4. The molecule has 2 N–H and O–H groups in total. The summed E-state index contributed by atoms with van der Waals surface area (Å²) in [7, 11) is -9.23. The minimum absolute atomic E-state index is 0.550. The van der Waals surface area contributed by atoms with Crippen LogP contribution < -0.4 is 5.73 Å². The van der Waals surface area contributed by atoms with E-state index >= 15 is 0 Å². The summed E-state index contributed by atoms with van der Waals surface area (Å²) in [5, 5.41) is 0. The topological polar surface area (TPSA) is 80.0 Å². The lowest BCUT2D eigenvalue weighted by Crippen LogP contribution is -2.67. The number of hydrogen-bond donors (Lipinski definition) is 1. The van der Waals surface area contributed by atoms with E-state index in [2.05, 4.69) is 58.9 Å². The zero-order valence-corrected chi connectivity index (χ0v) is 20.4. The van der Waals surface area contributed by atoms with Gasteiger partial charge in [0.2, 0.25) is 0 Å². The van der Waals surface area contributed by atoms with Crippen LogP contribution in [0.15, 0.2) is 0 Å². The maximum Gasteiger partial charge on any atom is 0.512 e. The molecular formula is C13H35NO5Si4. The molecule has 0 saturated carbocycles. The number of carbonyl (C=O) groups is 1. The summed E-state index contributed by atoms with van der Waals surface area (Å²) >= 11 is 0. The van der Waals surface area contributed by atoms with Crippen LogP contribution >= 0.6 is 0 Å². The minimum atomic E-state index is -3.23. The van der Waals surface area contributed by atoms with Gasteiger partial charge in [0.1, 0.15) is 0 Å². The average molecular weight is 398 g/mol. The van der Waals surface area contributed by atoms with Gasteiger partial charge >= 0.3 is 14.9 Å². The number of hydrogen-bond acceptors (Lipinski definition) is 5. The van der Waals surface area contributed by atoms with Crippen molar-refractivity contribution in [3.05, 3.63) is 0 Å². The number of ether oxygens (including phenoxy) is 1. The molecular weight excluding hydrogens is 362 g/mol. The quantitative estimate of drug-likeness (QED) is 0.597. The number of carbonyl (C=O) groups excluding carboxylic acids is 1. The van der Waals surface area contributed by atoms with Gasteiger partial charge in [0.15, 0.2) is 30.7 Å². The second-order valence-corrected chi connectivity index (χ2v) is 25.6. The molecule has 0 saturated heterocycles. The Kier molecular flexibility index (Phi) is 7.94. The Labute approximate surface area is 145 Å². The van der Waals surface area contributed by atoms with Crippen molar-refractivity contribution in [2.75, 3.05) is 0 Å². The van der Waals surface area contributed by atoms with Crippen molar-refractivity contribution >= 4 is 39.8 Å². The Hall–Kier alpha value is 0.0175. The summed E-state index contributed by atoms with van der Waals surface area (Å²) in [6, 6.07) is 0. The molecule has 1 amide bonds. The highest BCUT2D eigenvalue weighted by Gasteiger charge is 2.57. The van der Waals surface area contributed by atoms with E-state index in [0.717, 1.165) is 0 Å². The van der Waals surface area contributed by atoms with Gasteiger partial charge in [-0.05, 0) is 65.3 Å². The van der Waals surface area contributed by atoms with Crippen LogP contribution in [-0.4, -0.2) is 45.6 Å². The van der Waals surface area contributed by atoms with E-state index in [4.69, 9.17) is 22.8 Å². The zero-order chi connectivity index (χ0) is 18.7. The Morgan fingerprint density at radius 3 is 1.30 bits per heavy atom. The second kappa shape index (κ2) is 7.93. The molecule has 0 bridgehead atoms. The van der Waals surface area contributed by atoms with Gasteiger partial charge in [-0.1, -0.05) is 6.92 Å². The van der Waals surface area contributed by atoms with Crippen LogP contribution in [0, 0.1) is 0 Å². The molecule has 0 aliphatic carbocycles. The van der Waals surface area contributed by atoms with Gasteiger partial charge in [0.25, 0.3) is 0 Å². The molecule has 1 atom stereocenters. The van der Waals surface area contributed by atoms with Gasteiger partial charge < -0.3 is 22.8 Å². The largest absolute Gasteiger partial charge is 0.512 e. The van der Waals surface area contributed by atoms with Crippen LogP contribution in [0.4, 0.5) is 4.79 Å². The lowest BCUT2D eigenvalue weighted by atomic mass is 10.5. The molecule has 0 radical (unpaired) electrons. The third-order valence-corrected chi connectivity index (χ3v) is 14.4. The van der Waals surface area contributed by atoms with Crippen molar-refractivity contribution in [1.29, 1.82) is 0 Å². The van der Waals surface area contributed by atoms with Crippen molar-refractivity contribution in [3.63, 3.8) is 0 Å². The van der Waals surface area contributed by atoms with Crippen LogP contribution in [-0.2, 0) is 17.1 Å². The van der Waals surface area contributed by atoms with E-state index in [1.165, 1.54) is 0 Å². The molecule has 6 nitrogen and oxygen atoms in total. The van der Waals surface area contributed by atoms with Gasteiger partial charge in [-0.3, -0.25) is 0 Å². The monoisotopic (exact) mass is 397 g/mol. The first-order chi connectivity index (χ1) is 10.00. The average Bonchev–Trinajstić information content (AvgIpc) is 2.17. The third-order valence-electron chi connectivity index (χ3n) is 2.37. The van der Waals surface area contributed by atoms with Gasteiger partial charge in [0.05, 0.1) is 0 Å². The molecule has 0 fully saturated rings. The second-order valence-electron chi connectivity index (χ2n) is 8.58. The SMILES string of the molecule is CCC(OC(N)=O)[Si](O[Si](C)(C)C)(O[Si](C)(C)C)O[Si](C)(C)C. The van der Waals surface area contributed by atoms with Crippen LogP contribution in [0.2, 0.25) is 58.9 Å². The van der Waals surface area contributed by atoms with Crippen LogP contribution in [0.1, 0.15) is 13.3 Å². The number of primary amides is 1. The Morgan fingerprint density at radius 1 is 0.826 bits per heavy atom. The van der Waals surface area contributed by atoms with E-state index in [-0.39, 0.29) is 0 Å². The Bertz CT molecular complexity index is 360. The van der Waals surface area contributed by atoms with Gasteiger partial charge in [-0.15, -0.1) is 0 Å². The highest BCUT2D eigenvalue weighted by molar-refractivity contribution is 6.90. The Morgan fingerprint density at radius 2 is 1.13 bits per heavy atom. The molecule has 0 aromatic rings. The number of rotatable bonds is 9. The fourth-order valence-corrected chi connectivity index (χ4v) is 16.3. The van der Waals surface area contributed by atoms with E-state index in [1.54, 1.807) is 0 Å². The molecule has 0 aliphatic heterocycles. The lowest BCUT2D eigenvalue weighted by molar-refractivity contribution is 0.0915. The highest BCUT2D eigenvalue weighted by atomic mass is 28.5. The van der Waals surface area contributed by atoms with E-state index in [1.807, 2.05) is 6.92 Å². The van der Waals surface area contributed by atoms with Crippen molar-refractivity contribution in [1.82, 2.24) is 0 Å². The molecule has 10 heteroatoms. The summed E-state index contributed by atoms with van der Waals surface area (Å²) in [6.07, 6.45) is -0.263. The van der Waals surface area contributed by atoms with Crippen molar-refractivity contribution in [3.8, 4) is 0 Å². The first-order valence-electron chi connectivity index (χ1n) is 8.06. The van der Waals surface area contributed by atoms with Crippen molar-refractivity contribution in [2.45, 2.75) is 78.0 Å². The predicted octanol–water partition coefficient (Wildman–Crippen LogP) is 3.89. The predicted molar refractivity (Wildman–Crippen MR) is 104 cm³/mol. The molecule has 0 aromatic carbocycles. The first kappa shape index (κ1) is 23.0. The first-order valence-corrected chi connectivity index (χ1v) is 20.1. The summed E-state index contributed by atoms with van der Waals surface area (Å²) in [4.78, 5) is 11.4. The fraction of sp³-hybridized carbons (Fsp3) is 0.923. The molecule has 0 heterocycles. The van der Waals surface area contributed by atoms with Gasteiger partial charge in [0, 0.05) is 0 Å². The van der Waals surface area contributed by atoms with Crippen LogP contribution in [0.25, 0.3) is 0 Å². The van der Waals surface area contributed by atoms with Gasteiger partial charge in [-0.25, -0.2) is 4.79 Å². The standard InChI is InChI=1S/C13H35NO5Si4/c1-11-12(16-13(14)15)23(17-20(2,3)4,18-21(5,6)7)19-22(8,9)10/h12H,11H2,1-10H3,(H2,14,15). The maximum absolute atomic E-state index is 11.4. The molecule has 0 aromatic heterocycles. The lowest BCUT2D eigenvalue weighted by Gasteiger charge is -2.45. The van der Waals surface area contributed by atoms with Crippen molar-refractivity contribution < 1.29 is 21.9 Å². The Balaban J connectivity index is 6.02. The number of amides is 1. The highest BCUT2D eigenvalue weighted by Crippen LogP contribution is 2.31. The molecule has 0 rings (SSSR count). The zero-order valence-electron chi connectivity index (χ0n) is 16.4. The summed E-state index contributed by atoms with van der Waals surface area (Å²) in [5.41, 5.74) is 4.72. The van der Waals surface area contributed by atoms with Crippen LogP contribution in [0.3, 0.4) is 0 Å². The number of nitrogens with two attached hydrogens (primary N) is 1. The summed E-state index contributed by atoms with van der Waals surface area (Å²) in [6.45, 7) is 20.7. The normalized spacial score (nSPS) is 15.4. The minimum Gasteiger partial charge on any atom is -0.442 e. The molecule has 0 aliphatic rings. The third kappa shape index (κ3) is 9.79. The van der Waals surface area contributed by atoms with E-state index in [9.17, 15) is 4.79 Å². The fourth-order valence-electron chi connectivity index (χ4n) is 2.09. The molecule has 1 unspecified atom stereocenters. The van der Waals surface area contributed by atoms with Crippen LogP contribution in [0.5, 0.6) is 0 Å². The summed E-state index contributed by atoms with van der Waals surface area (Å²) in [5.74, 6) is 0. The summed E-state index contributed by atoms with van der Waals surface area (Å²) < 4.78 is 24.9. The molecule has 23 heavy (non-hydrogen) atoms. The molecule has 138 valence electrons. The molecule has 0 spiro atoms. The van der Waals surface area contributed by atoms with E-state index < -0.39 is 45.6 Å². The van der Waals surface area contributed by atoms with E-state index in [0.29, 0.717) is 6.42 Å². The van der Waals surface area contributed by atoms with Crippen molar-refractivity contribution in [2.24, 2.45) is 5.73 Å². The van der Waals surface area contributed by atoms with Gasteiger partial charge in [-0.2, -0.15) is 0 Å². The smallest absolute Gasteiger partial charge is 0.442 e.